The maximum Gasteiger partial charge on any atom is 0.407 e. The molecule has 1 aromatic heterocycles. The molecule has 0 aliphatic carbocycles. The number of ether oxygens (including phenoxy) is 2. The first-order chi connectivity index (χ1) is 18.9. The van der Waals surface area contributed by atoms with E-state index in [9.17, 15) is 24.0 Å². The van der Waals surface area contributed by atoms with Gasteiger partial charge in [0.1, 0.15) is 19.8 Å². The fourth-order valence-electron chi connectivity index (χ4n) is 2.77. The van der Waals surface area contributed by atoms with Gasteiger partial charge in [0.15, 0.2) is 0 Å². The van der Waals surface area contributed by atoms with Gasteiger partial charge in [0.2, 0.25) is 6.40 Å². The van der Waals surface area contributed by atoms with Gasteiger partial charge in [0.25, 0.3) is 0 Å². The van der Waals surface area contributed by atoms with E-state index in [1.807, 2.05) is 18.8 Å². The van der Waals surface area contributed by atoms with E-state index in [0.717, 1.165) is 25.9 Å². The molecule has 0 fully saturated rings. The number of hydrogen-bond acceptors (Lipinski definition) is 13. The molecular weight excluding hydrogens is 576 g/mol. The Morgan fingerprint density at radius 2 is 1.28 bits per heavy atom. The van der Waals surface area contributed by atoms with E-state index in [0.29, 0.717) is 24.7 Å². The largest absolute Gasteiger partial charge is 0.449 e. The summed E-state index contributed by atoms with van der Waals surface area (Å²) in [4.78, 5) is 76.1. The molecule has 0 radical (unpaired) electrons. The quantitative estimate of drug-likeness (QED) is 0.0648. The molecule has 0 aliphatic heterocycles. The average molecular weight is 613 g/mol. The number of aliphatic imine (C=N–C) groups is 1. The van der Waals surface area contributed by atoms with Gasteiger partial charge in [-0.2, -0.15) is 40.2 Å². The Bertz CT molecular complexity index is 1010. The van der Waals surface area contributed by atoms with Gasteiger partial charge in [-0.05, 0) is 18.8 Å². The topological polar surface area (TPSA) is 173 Å². The summed E-state index contributed by atoms with van der Waals surface area (Å²) in [6.07, 6.45) is 5.35. The van der Waals surface area contributed by atoms with Crippen LogP contribution in [0.15, 0.2) is 19.4 Å². The van der Waals surface area contributed by atoms with E-state index in [2.05, 4.69) is 15.6 Å². The summed E-state index contributed by atoms with van der Waals surface area (Å²) in [7, 11) is 0. The van der Waals surface area contributed by atoms with Crippen molar-refractivity contribution < 1.29 is 28.8 Å². The van der Waals surface area contributed by atoms with Crippen molar-refractivity contribution in [3.8, 4) is 0 Å². The maximum absolute atomic E-state index is 13.0. The molecule has 0 saturated carbocycles. The van der Waals surface area contributed by atoms with Gasteiger partial charge in [-0.1, -0.05) is 0 Å². The SMILES string of the molecule is CSCCNC(=O)OCCn1c(=O)n(CCN=COOCCSC)c(=O)n(CCNC(=O)OCCSC)c1=O. The molecule has 18 heteroatoms. The summed E-state index contributed by atoms with van der Waals surface area (Å²) in [5.74, 6) is 2.05. The minimum absolute atomic E-state index is 0.0202. The van der Waals surface area contributed by atoms with Gasteiger partial charge >= 0.3 is 29.3 Å². The molecule has 0 aliphatic rings. The van der Waals surface area contributed by atoms with E-state index in [-0.39, 0.29) is 45.9 Å². The third-order valence-electron chi connectivity index (χ3n) is 4.64. The smallest absolute Gasteiger partial charge is 0.407 e. The fourth-order valence-corrected chi connectivity index (χ4v) is 3.56. The zero-order valence-electron chi connectivity index (χ0n) is 22.3. The molecule has 1 aromatic rings. The predicted molar refractivity (Wildman–Crippen MR) is 153 cm³/mol. The molecule has 2 N–H and O–H groups in total. The molecule has 1 heterocycles. The molecule has 39 heavy (non-hydrogen) atoms. The minimum atomic E-state index is -0.903. The third kappa shape index (κ3) is 13.9. The summed E-state index contributed by atoms with van der Waals surface area (Å²) < 4.78 is 12.5. The lowest BCUT2D eigenvalue weighted by Crippen LogP contribution is -2.56. The van der Waals surface area contributed by atoms with E-state index >= 15 is 0 Å². The van der Waals surface area contributed by atoms with Crippen molar-refractivity contribution in [1.82, 2.24) is 24.3 Å². The second-order valence-corrected chi connectivity index (χ2v) is 10.3. The molecule has 0 unspecified atom stereocenters. The Morgan fingerprint density at radius 3 is 1.92 bits per heavy atom. The third-order valence-corrected chi connectivity index (χ3v) is 6.41. The number of alkyl carbamates (subject to hydrolysis) is 2. The fraction of sp³-hybridized carbons (Fsp3) is 0.714. The van der Waals surface area contributed by atoms with Crippen LogP contribution < -0.4 is 27.7 Å². The van der Waals surface area contributed by atoms with Gasteiger partial charge in [-0.25, -0.2) is 37.7 Å². The molecule has 0 saturated heterocycles. The number of amides is 2. The average Bonchev–Trinajstić information content (AvgIpc) is 2.91. The van der Waals surface area contributed by atoms with Crippen molar-refractivity contribution in [3.05, 3.63) is 31.5 Å². The lowest BCUT2D eigenvalue weighted by Gasteiger charge is -2.14. The van der Waals surface area contributed by atoms with Crippen molar-refractivity contribution in [1.29, 1.82) is 0 Å². The second kappa shape index (κ2) is 21.3. The number of nitrogens with zero attached hydrogens (tertiary/aromatic N) is 4. The molecular formula is C21H36N6O9S3. The molecule has 15 nitrogen and oxygen atoms in total. The Labute approximate surface area is 238 Å². The van der Waals surface area contributed by atoms with Crippen molar-refractivity contribution in [2.24, 2.45) is 4.99 Å². The highest BCUT2D eigenvalue weighted by atomic mass is 32.2. The zero-order valence-corrected chi connectivity index (χ0v) is 24.7. The predicted octanol–water partition coefficient (Wildman–Crippen LogP) is -0.310. The van der Waals surface area contributed by atoms with Crippen LogP contribution in [0.4, 0.5) is 9.59 Å². The van der Waals surface area contributed by atoms with Crippen LogP contribution in [0.5, 0.6) is 0 Å². The number of aromatic nitrogens is 3. The standard InChI is InChI=1S/C21H36N6O9S3/c1-37-13-6-24-18(29)33-10-9-27-20(31)25(7-4-22-16-36-35-12-15-39-3)19(30)26(21(27)32)8-5-23-17(28)34-11-14-38-2/h16H,4-15H2,1-3H3,(H,23,28)(H,24,29). The summed E-state index contributed by atoms with van der Waals surface area (Å²) >= 11 is 4.64. The van der Waals surface area contributed by atoms with Crippen LogP contribution in [-0.4, -0.2) is 108 Å². The monoisotopic (exact) mass is 612 g/mol. The van der Waals surface area contributed by atoms with Gasteiger partial charge in [0, 0.05) is 36.9 Å². The van der Waals surface area contributed by atoms with Crippen molar-refractivity contribution in [2.45, 2.75) is 19.6 Å². The van der Waals surface area contributed by atoms with Gasteiger partial charge < -0.3 is 25.0 Å². The Morgan fingerprint density at radius 1 is 0.744 bits per heavy atom. The highest BCUT2D eigenvalue weighted by Gasteiger charge is 2.16. The minimum Gasteiger partial charge on any atom is -0.449 e. The highest BCUT2D eigenvalue weighted by molar-refractivity contribution is 7.99. The molecule has 0 bridgehead atoms. The lowest BCUT2D eigenvalue weighted by atomic mass is 10.5. The van der Waals surface area contributed by atoms with Crippen LogP contribution >= 0.6 is 35.3 Å². The molecule has 1 rings (SSSR count). The van der Waals surface area contributed by atoms with Crippen molar-refractivity contribution in [3.63, 3.8) is 0 Å². The Hall–Kier alpha value is -2.57. The number of nitrogens with one attached hydrogen (secondary N) is 2. The van der Waals surface area contributed by atoms with Crippen LogP contribution in [0.2, 0.25) is 0 Å². The van der Waals surface area contributed by atoms with Crippen molar-refractivity contribution >= 4 is 53.9 Å². The van der Waals surface area contributed by atoms with E-state index in [1.165, 1.54) is 11.8 Å². The second-order valence-electron chi connectivity index (χ2n) is 7.34. The van der Waals surface area contributed by atoms with Crippen molar-refractivity contribution in [2.75, 3.05) is 75.5 Å². The highest BCUT2D eigenvalue weighted by Crippen LogP contribution is 1.92. The van der Waals surface area contributed by atoms with Crippen LogP contribution in [0.1, 0.15) is 0 Å². The summed E-state index contributed by atoms with van der Waals surface area (Å²) in [5, 5.41) is 5.00. The molecule has 222 valence electrons. The lowest BCUT2D eigenvalue weighted by molar-refractivity contribution is -0.210. The summed E-state index contributed by atoms with van der Waals surface area (Å²) in [6.45, 7) is -0.0962. The first-order valence-corrected chi connectivity index (χ1v) is 16.0. The Kier molecular flexibility index (Phi) is 18.8. The van der Waals surface area contributed by atoms with Gasteiger partial charge in [-0.3, -0.25) is 4.99 Å². The van der Waals surface area contributed by atoms with Crippen LogP contribution in [0.25, 0.3) is 0 Å². The van der Waals surface area contributed by atoms with E-state index < -0.39 is 29.3 Å². The van der Waals surface area contributed by atoms with Gasteiger partial charge in [-0.15, -0.1) is 0 Å². The van der Waals surface area contributed by atoms with E-state index in [4.69, 9.17) is 19.2 Å². The van der Waals surface area contributed by atoms with E-state index in [1.54, 1.807) is 23.5 Å². The normalized spacial score (nSPS) is 10.9. The Balaban J connectivity index is 2.97. The molecule has 0 aromatic carbocycles. The van der Waals surface area contributed by atoms with Crippen LogP contribution in [0.3, 0.4) is 0 Å². The zero-order chi connectivity index (χ0) is 28.9. The first-order valence-electron chi connectivity index (χ1n) is 11.9. The number of thioether (sulfide) groups is 3. The molecule has 0 spiro atoms. The maximum atomic E-state index is 13.0. The van der Waals surface area contributed by atoms with Crippen LogP contribution in [0, 0.1) is 0 Å². The number of carbonyl (C=O) groups is 2. The van der Waals surface area contributed by atoms with Gasteiger partial charge in [0.05, 0.1) is 19.6 Å². The summed E-state index contributed by atoms with van der Waals surface area (Å²) in [5.41, 5.74) is -2.66. The summed E-state index contributed by atoms with van der Waals surface area (Å²) in [6, 6.07) is 0. The molecule has 0 atom stereocenters. The first kappa shape index (κ1) is 34.5. The van der Waals surface area contributed by atoms with Crippen LogP contribution in [-0.2, 0) is 38.9 Å². The molecule has 2 amide bonds. The number of carbonyl (C=O) groups excluding carboxylic acids is 2. The number of rotatable bonds is 20. The number of hydrogen-bond donors (Lipinski definition) is 2.